The largest absolute Gasteiger partial charge is 0.449 e. The molecule has 0 saturated carbocycles. The number of rotatable bonds is 5. The molecule has 0 aliphatic heterocycles. The lowest BCUT2D eigenvalue weighted by Gasteiger charge is -2.20. The summed E-state index contributed by atoms with van der Waals surface area (Å²) in [6.45, 7) is 5.13. The van der Waals surface area contributed by atoms with E-state index < -0.39 is 0 Å². The molecule has 1 amide bonds. The highest BCUT2D eigenvalue weighted by Crippen LogP contribution is 2.14. The lowest BCUT2D eigenvalue weighted by Crippen LogP contribution is -2.31. The molecule has 0 radical (unpaired) electrons. The number of ether oxygens (including phenoxy) is 1. The molecule has 1 aromatic carbocycles. The average Bonchev–Trinajstić information content (AvgIpc) is 2.32. The van der Waals surface area contributed by atoms with Crippen LogP contribution in [0.5, 0.6) is 0 Å². The van der Waals surface area contributed by atoms with Gasteiger partial charge in [0.2, 0.25) is 0 Å². The minimum atomic E-state index is -0.262. The van der Waals surface area contributed by atoms with Gasteiger partial charge in [0.1, 0.15) is 0 Å². The molecule has 0 heterocycles. The fourth-order valence-electron chi connectivity index (χ4n) is 1.41. The van der Waals surface area contributed by atoms with Gasteiger partial charge in [0, 0.05) is 12.2 Å². The van der Waals surface area contributed by atoms with Crippen LogP contribution >= 0.6 is 0 Å². The van der Waals surface area contributed by atoms with Crippen LogP contribution < -0.4 is 4.90 Å². The van der Waals surface area contributed by atoms with Gasteiger partial charge in [-0.15, -0.1) is 0 Å². The van der Waals surface area contributed by atoms with Crippen LogP contribution in [0.1, 0.15) is 26.7 Å². The number of amides is 1. The average molecular weight is 221 g/mol. The normalized spacial score (nSPS) is 9.88. The molecular weight excluding hydrogens is 202 g/mol. The van der Waals surface area contributed by atoms with Crippen molar-refractivity contribution in [2.24, 2.45) is 0 Å². The Kier molecular flexibility index (Phi) is 5.40. The molecule has 88 valence electrons. The van der Waals surface area contributed by atoms with Gasteiger partial charge in [0.15, 0.2) is 0 Å². The lowest BCUT2D eigenvalue weighted by atomic mass is 10.3. The van der Waals surface area contributed by atoms with Crippen molar-refractivity contribution in [1.29, 1.82) is 0 Å². The third-order valence-electron chi connectivity index (χ3n) is 2.33. The Morgan fingerprint density at radius 1 is 1.25 bits per heavy atom. The maximum Gasteiger partial charge on any atom is 0.414 e. The Labute approximate surface area is 97.0 Å². The van der Waals surface area contributed by atoms with Gasteiger partial charge in [-0.3, -0.25) is 4.90 Å². The monoisotopic (exact) mass is 221 g/mol. The number of carbonyl (C=O) groups excluding carboxylic acids is 1. The first-order valence-electron chi connectivity index (χ1n) is 5.79. The van der Waals surface area contributed by atoms with E-state index in [2.05, 4.69) is 6.92 Å². The Morgan fingerprint density at radius 2 is 1.94 bits per heavy atom. The molecular formula is C13H19NO2. The van der Waals surface area contributed by atoms with Crippen molar-refractivity contribution < 1.29 is 9.53 Å². The first kappa shape index (κ1) is 12.6. The van der Waals surface area contributed by atoms with Crippen molar-refractivity contribution in [2.45, 2.75) is 26.7 Å². The summed E-state index contributed by atoms with van der Waals surface area (Å²) >= 11 is 0. The predicted octanol–water partition coefficient (Wildman–Crippen LogP) is 3.45. The van der Waals surface area contributed by atoms with E-state index >= 15 is 0 Å². The van der Waals surface area contributed by atoms with Crippen LogP contribution in [-0.4, -0.2) is 19.2 Å². The Morgan fingerprint density at radius 3 is 2.50 bits per heavy atom. The molecule has 3 heteroatoms. The molecule has 0 aromatic heterocycles. The van der Waals surface area contributed by atoms with Crippen LogP contribution in [0.25, 0.3) is 0 Å². The molecule has 1 aromatic rings. The first-order valence-corrected chi connectivity index (χ1v) is 5.79. The molecule has 3 nitrogen and oxygen atoms in total. The van der Waals surface area contributed by atoms with E-state index in [4.69, 9.17) is 4.74 Å². The highest BCUT2D eigenvalue weighted by molar-refractivity contribution is 5.87. The van der Waals surface area contributed by atoms with Crippen LogP contribution in [0.15, 0.2) is 30.3 Å². The first-order chi connectivity index (χ1) is 7.79. The van der Waals surface area contributed by atoms with E-state index in [-0.39, 0.29) is 6.09 Å². The standard InChI is InChI=1S/C13H19NO2/c1-3-5-11-16-13(15)14(4-2)12-9-7-6-8-10-12/h6-10H,3-5,11H2,1-2H3. The Bertz CT molecular complexity index is 311. The predicted molar refractivity (Wildman–Crippen MR) is 65.7 cm³/mol. The van der Waals surface area contributed by atoms with Crippen molar-refractivity contribution in [2.75, 3.05) is 18.1 Å². The minimum Gasteiger partial charge on any atom is -0.449 e. The molecule has 0 saturated heterocycles. The second-order valence-electron chi connectivity index (χ2n) is 3.55. The van der Waals surface area contributed by atoms with E-state index in [0.29, 0.717) is 13.2 Å². The van der Waals surface area contributed by atoms with Crippen LogP contribution in [0, 0.1) is 0 Å². The number of carbonyl (C=O) groups is 1. The molecule has 0 fully saturated rings. The van der Waals surface area contributed by atoms with Crippen LogP contribution in [-0.2, 0) is 4.74 Å². The fourth-order valence-corrected chi connectivity index (χ4v) is 1.41. The van der Waals surface area contributed by atoms with Crippen LogP contribution in [0.4, 0.5) is 10.5 Å². The summed E-state index contributed by atoms with van der Waals surface area (Å²) in [6.07, 6.45) is 1.69. The van der Waals surface area contributed by atoms with Gasteiger partial charge >= 0.3 is 6.09 Å². The SMILES string of the molecule is CCCCOC(=O)N(CC)c1ccccc1. The third kappa shape index (κ3) is 3.57. The third-order valence-corrected chi connectivity index (χ3v) is 2.33. The number of hydrogen-bond acceptors (Lipinski definition) is 2. The van der Waals surface area contributed by atoms with Crippen molar-refractivity contribution in [3.63, 3.8) is 0 Å². The topological polar surface area (TPSA) is 29.5 Å². The zero-order chi connectivity index (χ0) is 11.8. The van der Waals surface area contributed by atoms with E-state index in [1.807, 2.05) is 37.3 Å². The van der Waals surface area contributed by atoms with Crippen molar-refractivity contribution in [1.82, 2.24) is 0 Å². The van der Waals surface area contributed by atoms with Crippen molar-refractivity contribution in [3.05, 3.63) is 30.3 Å². The number of hydrogen-bond donors (Lipinski definition) is 0. The zero-order valence-corrected chi connectivity index (χ0v) is 9.98. The second kappa shape index (κ2) is 6.88. The van der Waals surface area contributed by atoms with Gasteiger partial charge in [-0.2, -0.15) is 0 Å². The summed E-state index contributed by atoms with van der Waals surface area (Å²) in [4.78, 5) is 13.4. The number of unbranched alkanes of at least 4 members (excludes halogenated alkanes) is 1. The van der Waals surface area contributed by atoms with Crippen LogP contribution in [0.2, 0.25) is 0 Å². The second-order valence-corrected chi connectivity index (χ2v) is 3.55. The number of benzene rings is 1. The summed E-state index contributed by atoms with van der Waals surface area (Å²) < 4.78 is 5.18. The highest BCUT2D eigenvalue weighted by atomic mass is 16.6. The van der Waals surface area contributed by atoms with Gasteiger partial charge in [-0.05, 0) is 25.5 Å². The molecule has 1 rings (SSSR count). The molecule has 0 bridgehead atoms. The maximum absolute atomic E-state index is 11.8. The van der Waals surface area contributed by atoms with Gasteiger partial charge < -0.3 is 4.74 Å². The van der Waals surface area contributed by atoms with Gasteiger partial charge in [-0.1, -0.05) is 31.5 Å². The van der Waals surface area contributed by atoms with Crippen LogP contribution in [0.3, 0.4) is 0 Å². The van der Waals surface area contributed by atoms with Gasteiger partial charge in [0.25, 0.3) is 0 Å². The number of para-hydroxylation sites is 1. The summed E-state index contributed by atoms with van der Waals surface area (Å²) in [5.41, 5.74) is 0.881. The maximum atomic E-state index is 11.8. The molecule has 16 heavy (non-hydrogen) atoms. The summed E-state index contributed by atoms with van der Waals surface area (Å²) in [5, 5.41) is 0. The van der Waals surface area contributed by atoms with Gasteiger partial charge in [-0.25, -0.2) is 4.79 Å². The summed E-state index contributed by atoms with van der Waals surface area (Å²) in [6, 6.07) is 9.57. The highest BCUT2D eigenvalue weighted by Gasteiger charge is 2.14. The zero-order valence-electron chi connectivity index (χ0n) is 9.98. The summed E-state index contributed by atoms with van der Waals surface area (Å²) in [5.74, 6) is 0. The van der Waals surface area contributed by atoms with E-state index in [1.54, 1.807) is 4.90 Å². The summed E-state index contributed by atoms with van der Waals surface area (Å²) in [7, 11) is 0. The molecule has 0 aliphatic rings. The van der Waals surface area contributed by atoms with E-state index in [0.717, 1.165) is 18.5 Å². The molecule has 0 N–H and O–H groups in total. The minimum absolute atomic E-state index is 0.262. The molecule has 0 atom stereocenters. The quantitative estimate of drug-likeness (QED) is 0.713. The number of anilines is 1. The smallest absolute Gasteiger partial charge is 0.414 e. The molecule has 0 spiro atoms. The van der Waals surface area contributed by atoms with Gasteiger partial charge in [0.05, 0.1) is 6.61 Å². The number of nitrogens with zero attached hydrogens (tertiary/aromatic N) is 1. The lowest BCUT2D eigenvalue weighted by molar-refractivity contribution is 0.152. The fraction of sp³-hybridized carbons (Fsp3) is 0.462. The van der Waals surface area contributed by atoms with Crippen molar-refractivity contribution >= 4 is 11.8 Å². The Hall–Kier alpha value is -1.51. The van der Waals surface area contributed by atoms with E-state index in [9.17, 15) is 4.79 Å². The van der Waals surface area contributed by atoms with Crippen molar-refractivity contribution in [3.8, 4) is 0 Å². The Balaban J connectivity index is 2.57. The van der Waals surface area contributed by atoms with E-state index in [1.165, 1.54) is 0 Å². The molecule has 0 aliphatic carbocycles. The molecule has 0 unspecified atom stereocenters.